The molecule has 0 amide bonds. The molecule has 5 heterocycles. The maximum Gasteiger partial charge on any atom is 0.257 e. The van der Waals surface area contributed by atoms with Gasteiger partial charge >= 0.3 is 0 Å². The molecule has 1 aliphatic carbocycles. The molecule has 38 heavy (non-hydrogen) atoms. The summed E-state index contributed by atoms with van der Waals surface area (Å²) in [6, 6.07) is 7.13. The molecule has 3 aromatic rings. The Labute approximate surface area is 220 Å². The number of aromatic nitrogens is 4. The average Bonchev–Trinajstić information content (AvgIpc) is 3.72. The maximum absolute atomic E-state index is 15.9. The lowest BCUT2D eigenvalue weighted by molar-refractivity contribution is 0.0831. The number of nitrogens with zero attached hydrogens (tertiary/aromatic N) is 5. The number of halogens is 1. The number of phenolic OH excluding ortho intramolecular Hbond substituents is 1. The molecule has 0 radical (unpaired) electrons. The highest BCUT2D eigenvalue weighted by Crippen LogP contribution is 2.48. The summed E-state index contributed by atoms with van der Waals surface area (Å²) in [5.74, 6) is 2.00. The minimum absolute atomic E-state index is 0.0330. The lowest BCUT2D eigenvalue weighted by Gasteiger charge is -2.48. The van der Waals surface area contributed by atoms with Crippen molar-refractivity contribution in [2.75, 3.05) is 18.1 Å². The van der Waals surface area contributed by atoms with Crippen LogP contribution in [0.3, 0.4) is 0 Å². The van der Waals surface area contributed by atoms with Crippen LogP contribution in [0.2, 0.25) is 0 Å². The van der Waals surface area contributed by atoms with Gasteiger partial charge in [-0.25, -0.2) is 14.4 Å². The van der Waals surface area contributed by atoms with E-state index >= 15 is 4.39 Å². The lowest BCUT2D eigenvalue weighted by Crippen LogP contribution is -2.66. The number of benzene rings is 1. The summed E-state index contributed by atoms with van der Waals surface area (Å²) < 4.78 is 27.0. The van der Waals surface area contributed by atoms with Gasteiger partial charge in [-0.3, -0.25) is 0 Å². The van der Waals surface area contributed by atoms with E-state index in [2.05, 4.69) is 37.3 Å². The normalized spacial score (nSPS) is 29.8. The third-order valence-electron chi connectivity index (χ3n) is 8.47. The number of nitrogens with one attached hydrogen (secondary N) is 1. The van der Waals surface area contributed by atoms with Crippen molar-refractivity contribution in [2.45, 2.75) is 75.3 Å². The zero-order chi connectivity index (χ0) is 26.1. The fourth-order valence-corrected chi connectivity index (χ4v) is 6.42. The first-order chi connectivity index (χ1) is 18.3. The van der Waals surface area contributed by atoms with Crippen LogP contribution in [0.4, 0.5) is 10.2 Å². The van der Waals surface area contributed by atoms with Crippen LogP contribution in [0.1, 0.15) is 46.0 Å². The first kappa shape index (κ1) is 23.6. The van der Waals surface area contributed by atoms with E-state index < -0.39 is 11.7 Å². The second kappa shape index (κ2) is 8.49. The number of hydrogen-bond acceptors (Lipinski definition) is 9. The van der Waals surface area contributed by atoms with E-state index in [-0.39, 0.29) is 23.4 Å². The van der Waals surface area contributed by atoms with Crippen molar-refractivity contribution in [1.29, 1.82) is 0 Å². The second-order valence-corrected chi connectivity index (χ2v) is 11.5. The summed E-state index contributed by atoms with van der Waals surface area (Å²) in [6.45, 7) is 5.15. The van der Waals surface area contributed by atoms with Gasteiger partial charge in [0.15, 0.2) is 17.4 Å². The number of fused-ring (bicyclic) bond motifs is 3. The maximum atomic E-state index is 15.9. The molecule has 0 spiro atoms. The summed E-state index contributed by atoms with van der Waals surface area (Å²) in [7, 11) is 0. The Morgan fingerprint density at radius 1 is 1.03 bits per heavy atom. The van der Waals surface area contributed by atoms with Crippen LogP contribution < -0.4 is 19.7 Å². The first-order valence-corrected chi connectivity index (χ1v) is 13.3. The van der Waals surface area contributed by atoms with Crippen molar-refractivity contribution in [1.82, 2.24) is 25.5 Å². The van der Waals surface area contributed by atoms with E-state index in [1.54, 1.807) is 24.5 Å². The number of hydrogen-bond donors (Lipinski definition) is 2. The molecule has 7 rings (SSSR count). The molecule has 1 aromatic carbocycles. The van der Waals surface area contributed by atoms with Crippen molar-refractivity contribution in [3.05, 3.63) is 36.7 Å². The van der Waals surface area contributed by atoms with Crippen LogP contribution in [0.25, 0.3) is 22.5 Å². The number of pyridine rings is 1. The third kappa shape index (κ3) is 3.93. The first-order valence-electron chi connectivity index (χ1n) is 13.3. The van der Waals surface area contributed by atoms with Gasteiger partial charge in [0.1, 0.15) is 25.1 Å². The van der Waals surface area contributed by atoms with Crippen LogP contribution >= 0.6 is 0 Å². The van der Waals surface area contributed by atoms with Gasteiger partial charge in [-0.1, -0.05) is 6.07 Å². The van der Waals surface area contributed by atoms with Crippen LogP contribution in [0.5, 0.6) is 17.4 Å². The predicted octanol–water partition coefficient (Wildman–Crippen LogP) is 4.06. The Bertz CT molecular complexity index is 1390. The van der Waals surface area contributed by atoms with Gasteiger partial charge in [-0.05, 0) is 69.7 Å². The monoisotopic (exact) mass is 518 g/mol. The largest absolute Gasteiger partial charge is 0.507 e. The summed E-state index contributed by atoms with van der Waals surface area (Å²) in [5, 5.41) is 23.2. The molecule has 2 bridgehead atoms. The molecule has 4 aliphatic rings. The average molecular weight is 519 g/mol. The van der Waals surface area contributed by atoms with Gasteiger partial charge in [0, 0.05) is 28.9 Å². The van der Waals surface area contributed by atoms with Crippen molar-refractivity contribution < 1.29 is 19.0 Å². The molecule has 3 aliphatic heterocycles. The van der Waals surface area contributed by atoms with Crippen molar-refractivity contribution in [3.8, 4) is 39.9 Å². The summed E-state index contributed by atoms with van der Waals surface area (Å²) >= 11 is 0. The van der Waals surface area contributed by atoms with E-state index in [0.717, 1.165) is 43.2 Å². The number of ether oxygens (including phenoxy) is 2. The SMILES string of the molecule is C[C@]12CC[C@](C)(N1)[C@H](F)[C@H](N(c1cnc(-c3ccc(-c4cnc5c(c4)OCCO5)cc3O)nn1)C1CC1)C2. The highest BCUT2D eigenvalue weighted by Gasteiger charge is 2.58. The number of anilines is 1. The Balaban J connectivity index is 1.15. The standard InChI is InChI=1S/C28H31FN6O3/c1-27-7-8-28(2,34-27)24(29)20(13-27)35(18-4-5-18)23-15-30-25(33-32-23)19-6-3-16(11-21(19)36)17-12-22-26(31-14-17)38-10-9-37-22/h3,6,11-12,14-15,18,20,24,34,36H,4-5,7-10,13H2,1-2H3/t20-,24-,27-,28+/m1/s1. The molecular weight excluding hydrogens is 487 g/mol. The van der Waals surface area contributed by atoms with E-state index in [1.165, 1.54) is 0 Å². The number of rotatable bonds is 5. The summed E-state index contributed by atoms with van der Waals surface area (Å²) in [5.41, 5.74) is 1.45. The Kier molecular flexibility index (Phi) is 5.27. The highest BCUT2D eigenvalue weighted by molar-refractivity contribution is 5.73. The molecule has 9 nitrogen and oxygen atoms in total. The van der Waals surface area contributed by atoms with Gasteiger partial charge in [0.05, 0.1) is 17.8 Å². The quantitative estimate of drug-likeness (QED) is 0.517. The van der Waals surface area contributed by atoms with Crippen LogP contribution in [0, 0.1) is 0 Å². The van der Waals surface area contributed by atoms with Crippen molar-refractivity contribution >= 4 is 5.82 Å². The number of phenols is 1. The van der Waals surface area contributed by atoms with Gasteiger partial charge in [0.2, 0.25) is 0 Å². The van der Waals surface area contributed by atoms with Crippen molar-refractivity contribution in [2.24, 2.45) is 0 Å². The number of aromatic hydroxyl groups is 1. The Morgan fingerprint density at radius 2 is 1.87 bits per heavy atom. The molecule has 3 fully saturated rings. The minimum atomic E-state index is -1.01. The topological polar surface area (TPSA) is 106 Å². The van der Waals surface area contributed by atoms with E-state index in [1.807, 2.05) is 19.1 Å². The molecule has 2 saturated heterocycles. The lowest BCUT2D eigenvalue weighted by atomic mass is 9.82. The molecular formula is C28H31FN6O3. The predicted molar refractivity (Wildman–Crippen MR) is 139 cm³/mol. The van der Waals surface area contributed by atoms with E-state index in [9.17, 15) is 5.11 Å². The molecule has 198 valence electrons. The zero-order valence-electron chi connectivity index (χ0n) is 21.5. The second-order valence-electron chi connectivity index (χ2n) is 11.5. The fourth-order valence-electron chi connectivity index (χ4n) is 6.42. The zero-order valence-corrected chi connectivity index (χ0v) is 21.5. The highest BCUT2D eigenvalue weighted by atomic mass is 19.1. The molecule has 10 heteroatoms. The van der Waals surface area contributed by atoms with Crippen LogP contribution in [-0.2, 0) is 0 Å². The molecule has 4 atom stereocenters. The van der Waals surface area contributed by atoms with Crippen LogP contribution in [-0.4, -0.2) is 67.8 Å². The van der Waals surface area contributed by atoms with E-state index in [0.29, 0.717) is 42.0 Å². The molecule has 2 N–H and O–H groups in total. The smallest absolute Gasteiger partial charge is 0.257 e. The number of piperidine rings is 1. The van der Waals surface area contributed by atoms with Crippen molar-refractivity contribution in [3.63, 3.8) is 0 Å². The molecule has 0 unspecified atom stereocenters. The Hall–Kier alpha value is -3.53. The fraction of sp³-hybridized carbons (Fsp3) is 0.500. The van der Waals surface area contributed by atoms with E-state index in [4.69, 9.17) is 9.47 Å². The number of alkyl halides is 1. The summed E-state index contributed by atoms with van der Waals surface area (Å²) in [4.78, 5) is 11.0. The van der Waals surface area contributed by atoms with Gasteiger partial charge < -0.3 is 24.8 Å². The molecule has 2 aromatic heterocycles. The summed E-state index contributed by atoms with van der Waals surface area (Å²) in [6.07, 6.45) is 6.91. The van der Waals surface area contributed by atoms with Gasteiger partial charge in [-0.15, -0.1) is 10.2 Å². The Morgan fingerprint density at radius 3 is 2.63 bits per heavy atom. The van der Waals surface area contributed by atoms with Gasteiger partial charge in [-0.2, -0.15) is 0 Å². The third-order valence-corrected chi connectivity index (χ3v) is 8.47. The van der Waals surface area contributed by atoms with Gasteiger partial charge in [0.25, 0.3) is 5.88 Å². The van der Waals surface area contributed by atoms with Crippen LogP contribution in [0.15, 0.2) is 36.7 Å². The minimum Gasteiger partial charge on any atom is -0.507 e. The molecule has 1 saturated carbocycles.